The maximum atomic E-state index is 13.3. The van der Waals surface area contributed by atoms with Crippen LogP contribution in [0.5, 0.6) is 0 Å². The Morgan fingerprint density at radius 1 is 0.395 bits per heavy atom. The van der Waals surface area contributed by atoms with E-state index in [0.717, 1.165) is 22.3 Å². The third kappa shape index (κ3) is 4.92. The first-order valence-electron chi connectivity index (χ1n) is 12.2. The van der Waals surface area contributed by atoms with Gasteiger partial charge in [0.1, 0.15) is 0 Å². The third-order valence-electron chi connectivity index (χ3n) is 6.83. The number of hydrogen-bond acceptors (Lipinski definition) is 6. The molecule has 0 spiro atoms. The van der Waals surface area contributed by atoms with Crippen molar-refractivity contribution in [1.82, 2.24) is 0 Å². The molecule has 8 N–H and O–H groups in total. The highest BCUT2D eigenvalue weighted by atomic mass is 16.1. The molecule has 5 aromatic rings. The molecule has 0 fully saturated rings. The summed E-state index contributed by atoms with van der Waals surface area (Å²) in [7, 11) is 0. The van der Waals surface area contributed by atoms with Crippen molar-refractivity contribution in [3.05, 3.63) is 150 Å². The van der Waals surface area contributed by atoms with E-state index in [1.54, 1.807) is 60.7 Å². The molecule has 0 radical (unpaired) electrons. The highest BCUT2D eigenvalue weighted by Gasteiger charge is 2.18. The smallest absolute Gasteiger partial charge is 0.200 e. The first-order chi connectivity index (χ1) is 18.3. The van der Waals surface area contributed by atoms with E-state index in [4.69, 9.17) is 22.9 Å². The van der Waals surface area contributed by atoms with Crippen LogP contribution in [-0.4, -0.2) is 0 Å². The van der Waals surface area contributed by atoms with Gasteiger partial charge in [-0.3, -0.25) is 9.59 Å². The molecule has 0 unspecified atom stereocenters. The van der Waals surface area contributed by atoms with Crippen molar-refractivity contribution in [1.29, 1.82) is 0 Å². The molecule has 5 rings (SSSR count). The summed E-state index contributed by atoms with van der Waals surface area (Å²) in [4.78, 5) is 26.7. The predicted octanol–water partition coefficient (Wildman–Crippen LogP) is 2.84. The predicted molar refractivity (Wildman–Crippen MR) is 157 cm³/mol. The summed E-state index contributed by atoms with van der Waals surface area (Å²) in [5.41, 5.74) is 29.2. The maximum Gasteiger partial charge on any atom is 0.200 e. The van der Waals surface area contributed by atoms with Crippen LogP contribution in [0.3, 0.4) is 0 Å². The van der Waals surface area contributed by atoms with Gasteiger partial charge < -0.3 is 22.9 Å². The molecular formula is C32H28N4O2. The minimum absolute atomic E-state index is 0.170. The second-order valence-electron chi connectivity index (χ2n) is 9.44. The lowest BCUT2D eigenvalue weighted by molar-refractivity contribution is 1.05. The quantitative estimate of drug-likeness (QED) is 0.265. The summed E-state index contributed by atoms with van der Waals surface area (Å²) >= 11 is 0. The van der Waals surface area contributed by atoms with Gasteiger partial charge in [0.25, 0.3) is 0 Å². The summed E-state index contributed by atoms with van der Waals surface area (Å²) < 4.78 is 0. The summed E-state index contributed by atoms with van der Waals surface area (Å²) in [5.74, 6) is -0.628. The average molecular weight is 501 g/mol. The zero-order valence-electron chi connectivity index (χ0n) is 20.7. The van der Waals surface area contributed by atoms with Crippen molar-refractivity contribution < 1.29 is 0 Å². The molecule has 0 atom stereocenters. The van der Waals surface area contributed by atoms with Crippen LogP contribution in [0, 0.1) is 0 Å². The molecule has 6 nitrogen and oxygen atoms in total. The van der Waals surface area contributed by atoms with Crippen molar-refractivity contribution in [2.45, 2.75) is 11.8 Å². The van der Waals surface area contributed by atoms with E-state index < -0.39 is 0 Å². The fourth-order valence-electron chi connectivity index (χ4n) is 4.65. The minimum Gasteiger partial charge on any atom is -0.399 e. The zero-order valence-corrected chi connectivity index (χ0v) is 20.7. The van der Waals surface area contributed by atoms with Crippen LogP contribution in [0.1, 0.15) is 34.1 Å². The van der Waals surface area contributed by atoms with Crippen molar-refractivity contribution >= 4 is 34.9 Å². The van der Waals surface area contributed by atoms with Gasteiger partial charge in [-0.25, -0.2) is 0 Å². The SMILES string of the molecule is Nc1ccc(C(C=c2c(=O)c(=CC(c3ccc(N)cc3)c3ccc(N)cc3)c2=O)c2ccc(N)cc2)cc1. The number of nitrogen functional groups attached to an aromatic ring is 4. The lowest BCUT2D eigenvalue weighted by atomic mass is 9.87. The first kappa shape index (κ1) is 24.6. The van der Waals surface area contributed by atoms with E-state index in [1.807, 2.05) is 48.5 Å². The van der Waals surface area contributed by atoms with E-state index in [2.05, 4.69) is 0 Å². The molecule has 0 aliphatic carbocycles. The molecule has 0 saturated heterocycles. The average Bonchev–Trinajstić information content (AvgIpc) is 2.92. The molecule has 0 saturated carbocycles. The van der Waals surface area contributed by atoms with Crippen molar-refractivity contribution in [3.63, 3.8) is 0 Å². The Kier molecular flexibility index (Phi) is 6.54. The van der Waals surface area contributed by atoms with E-state index in [-0.39, 0.29) is 33.1 Å². The normalized spacial score (nSPS) is 11.2. The molecule has 38 heavy (non-hydrogen) atoms. The largest absolute Gasteiger partial charge is 0.399 e. The molecule has 0 aromatic heterocycles. The standard InChI is InChI=1S/C32H28N4O2/c33-23-9-1-19(2-10-23)27(20-3-11-24(34)12-4-20)17-29-31(37)30(32(29)38)18-28(21-5-13-25(35)14-6-21)22-7-15-26(36)16-8-22/h1-18,27-28H,33-36H2. The summed E-state index contributed by atoms with van der Waals surface area (Å²) in [6.45, 7) is 0. The number of nitrogens with two attached hydrogens (primary N) is 4. The lowest BCUT2D eigenvalue weighted by Gasteiger charge is -2.16. The summed E-state index contributed by atoms with van der Waals surface area (Å²) in [6, 6.07) is 29.6. The van der Waals surface area contributed by atoms with Gasteiger partial charge in [-0.1, -0.05) is 60.7 Å². The molecule has 5 aromatic carbocycles. The highest BCUT2D eigenvalue weighted by Crippen LogP contribution is 2.29. The molecule has 0 aliphatic rings. The van der Waals surface area contributed by atoms with E-state index in [9.17, 15) is 9.59 Å². The van der Waals surface area contributed by atoms with Gasteiger partial charge >= 0.3 is 0 Å². The Balaban J connectivity index is 1.63. The van der Waals surface area contributed by atoms with Crippen LogP contribution in [0.2, 0.25) is 0 Å². The van der Waals surface area contributed by atoms with Crippen molar-refractivity contribution in [2.24, 2.45) is 0 Å². The number of anilines is 4. The van der Waals surface area contributed by atoms with E-state index >= 15 is 0 Å². The molecule has 0 amide bonds. The third-order valence-corrected chi connectivity index (χ3v) is 6.83. The fraction of sp³-hybridized carbons (Fsp3) is 0.0625. The van der Waals surface area contributed by atoms with E-state index in [0.29, 0.717) is 22.7 Å². The minimum atomic E-state index is -0.314. The molecule has 188 valence electrons. The number of rotatable bonds is 6. The highest BCUT2D eigenvalue weighted by molar-refractivity contribution is 5.57. The molecule has 0 heterocycles. The van der Waals surface area contributed by atoms with Gasteiger partial charge in [0.2, 0.25) is 0 Å². The lowest BCUT2D eigenvalue weighted by Crippen LogP contribution is -2.64. The fourth-order valence-corrected chi connectivity index (χ4v) is 4.65. The molecule has 6 heteroatoms. The van der Waals surface area contributed by atoms with Gasteiger partial charge in [-0.2, -0.15) is 0 Å². The summed E-state index contributed by atoms with van der Waals surface area (Å²) in [6.07, 6.45) is 3.47. The van der Waals surface area contributed by atoms with Gasteiger partial charge in [-0.05, 0) is 70.8 Å². The van der Waals surface area contributed by atoms with Gasteiger partial charge in [0.05, 0.1) is 10.4 Å². The monoisotopic (exact) mass is 500 g/mol. The van der Waals surface area contributed by atoms with Crippen LogP contribution in [0.4, 0.5) is 22.7 Å². The summed E-state index contributed by atoms with van der Waals surface area (Å²) in [5, 5.41) is 0.339. The molecule has 0 aliphatic heterocycles. The first-order valence-corrected chi connectivity index (χ1v) is 12.2. The van der Waals surface area contributed by atoms with Crippen LogP contribution < -0.4 is 44.2 Å². The Morgan fingerprint density at radius 2 is 0.605 bits per heavy atom. The second-order valence-corrected chi connectivity index (χ2v) is 9.44. The van der Waals surface area contributed by atoms with Crippen molar-refractivity contribution in [3.8, 4) is 0 Å². The van der Waals surface area contributed by atoms with Crippen LogP contribution in [0.25, 0.3) is 12.2 Å². The van der Waals surface area contributed by atoms with Crippen LogP contribution >= 0.6 is 0 Å². The van der Waals surface area contributed by atoms with Crippen LogP contribution in [-0.2, 0) is 0 Å². The molecular weight excluding hydrogens is 472 g/mol. The Hall–Kier alpha value is -5.10. The molecule has 0 bridgehead atoms. The number of hydrogen-bond donors (Lipinski definition) is 4. The van der Waals surface area contributed by atoms with Crippen LogP contribution in [0.15, 0.2) is 107 Å². The van der Waals surface area contributed by atoms with Gasteiger partial charge in [-0.15, -0.1) is 0 Å². The van der Waals surface area contributed by atoms with E-state index in [1.165, 1.54) is 0 Å². The maximum absolute atomic E-state index is 13.3. The van der Waals surface area contributed by atoms with Gasteiger partial charge in [0, 0.05) is 34.6 Å². The Morgan fingerprint density at radius 3 is 0.816 bits per heavy atom. The number of benzene rings is 4. The van der Waals surface area contributed by atoms with Gasteiger partial charge in [0.15, 0.2) is 10.9 Å². The van der Waals surface area contributed by atoms with Crippen molar-refractivity contribution in [2.75, 3.05) is 22.9 Å². The Labute approximate surface area is 219 Å². The Bertz CT molecular complexity index is 1510. The zero-order chi connectivity index (χ0) is 26.8. The topological polar surface area (TPSA) is 138 Å². The second kappa shape index (κ2) is 10.1.